The van der Waals surface area contributed by atoms with Crippen LogP contribution in [-0.2, 0) is 18.4 Å². The average Bonchev–Trinajstić information content (AvgIpc) is 3.52. The van der Waals surface area contributed by atoms with Crippen LogP contribution in [0.2, 0.25) is 0 Å². The molecule has 2 aromatic carbocycles. The van der Waals surface area contributed by atoms with Crippen molar-refractivity contribution in [3.63, 3.8) is 0 Å². The summed E-state index contributed by atoms with van der Waals surface area (Å²) in [4.78, 5) is 17.1. The Labute approximate surface area is 173 Å². The first-order chi connectivity index (χ1) is 14.7. The number of furan rings is 1. The molecule has 0 saturated carbocycles. The SMILES string of the molecule is Cn1cccc1COC(=O)c1cccc(-n2cnc3cc(-c4ccoc4)ccc32)c1. The topological polar surface area (TPSA) is 62.2 Å². The molecule has 0 unspecified atom stereocenters. The predicted molar refractivity (Wildman–Crippen MR) is 113 cm³/mol. The molecular formula is C24H19N3O3. The van der Waals surface area contributed by atoms with E-state index in [1.807, 2.05) is 77.0 Å². The van der Waals surface area contributed by atoms with Crippen LogP contribution in [0.3, 0.4) is 0 Å². The lowest BCUT2D eigenvalue weighted by atomic mass is 10.1. The van der Waals surface area contributed by atoms with Gasteiger partial charge in [-0.3, -0.25) is 4.57 Å². The number of ether oxygens (including phenoxy) is 1. The summed E-state index contributed by atoms with van der Waals surface area (Å²) >= 11 is 0. The third kappa shape index (κ3) is 3.28. The third-order valence-electron chi connectivity index (χ3n) is 5.16. The van der Waals surface area contributed by atoms with E-state index in [1.54, 1.807) is 24.9 Å². The second-order valence-electron chi connectivity index (χ2n) is 7.07. The first-order valence-electron chi connectivity index (χ1n) is 9.56. The van der Waals surface area contributed by atoms with Crippen molar-refractivity contribution in [2.24, 2.45) is 7.05 Å². The van der Waals surface area contributed by atoms with Gasteiger partial charge in [0.25, 0.3) is 0 Å². The van der Waals surface area contributed by atoms with Gasteiger partial charge >= 0.3 is 5.97 Å². The number of hydrogen-bond donors (Lipinski definition) is 0. The van der Waals surface area contributed by atoms with E-state index in [0.29, 0.717) is 5.56 Å². The van der Waals surface area contributed by atoms with Gasteiger partial charge in [-0.05, 0) is 54.1 Å². The smallest absolute Gasteiger partial charge is 0.338 e. The molecule has 3 aromatic heterocycles. The Morgan fingerprint density at radius 1 is 1.07 bits per heavy atom. The van der Waals surface area contributed by atoms with Crippen molar-refractivity contribution in [3.8, 4) is 16.8 Å². The minimum atomic E-state index is -0.357. The maximum atomic E-state index is 12.5. The number of rotatable bonds is 5. The van der Waals surface area contributed by atoms with E-state index >= 15 is 0 Å². The molecule has 0 amide bonds. The minimum Gasteiger partial charge on any atom is -0.472 e. The molecule has 0 saturated heterocycles. The number of nitrogens with zero attached hydrogens (tertiary/aromatic N) is 3. The Bertz CT molecular complexity index is 1330. The fourth-order valence-corrected chi connectivity index (χ4v) is 3.48. The highest BCUT2D eigenvalue weighted by Gasteiger charge is 2.12. The largest absolute Gasteiger partial charge is 0.472 e. The fraction of sp³-hybridized carbons (Fsp3) is 0.0833. The molecule has 0 N–H and O–H groups in total. The molecule has 0 spiro atoms. The van der Waals surface area contributed by atoms with E-state index in [9.17, 15) is 4.79 Å². The van der Waals surface area contributed by atoms with E-state index in [4.69, 9.17) is 9.15 Å². The molecule has 0 radical (unpaired) electrons. The number of aromatic nitrogens is 3. The van der Waals surface area contributed by atoms with Gasteiger partial charge < -0.3 is 13.7 Å². The molecule has 5 rings (SSSR count). The molecule has 3 heterocycles. The van der Waals surface area contributed by atoms with Gasteiger partial charge in [0, 0.05) is 24.5 Å². The summed E-state index contributed by atoms with van der Waals surface area (Å²) in [6, 6.07) is 19.2. The highest BCUT2D eigenvalue weighted by atomic mass is 16.5. The molecule has 0 fully saturated rings. The summed E-state index contributed by atoms with van der Waals surface area (Å²) in [5.41, 5.74) is 6.16. The zero-order valence-electron chi connectivity index (χ0n) is 16.4. The van der Waals surface area contributed by atoms with Crippen LogP contribution in [0, 0.1) is 0 Å². The van der Waals surface area contributed by atoms with E-state index in [-0.39, 0.29) is 12.6 Å². The van der Waals surface area contributed by atoms with Crippen LogP contribution in [0.4, 0.5) is 0 Å². The standard InChI is InChI=1S/C24H19N3O3/c1-26-10-3-6-21(26)15-30-24(28)18-4-2-5-20(12-18)27-16-25-22-13-17(7-8-23(22)27)19-9-11-29-14-19/h2-14,16H,15H2,1H3. The Balaban J connectivity index is 1.41. The summed E-state index contributed by atoms with van der Waals surface area (Å²) in [5.74, 6) is -0.357. The van der Waals surface area contributed by atoms with E-state index in [2.05, 4.69) is 4.98 Å². The highest BCUT2D eigenvalue weighted by Crippen LogP contribution is 2.26. The van der Waals surface area contributed by atoms with Crippen LogP contribution in [0.1, 0.15) is 16.1 Å². The summed E-state index contributed by atoms with van der Waals surface area (Å²) in [5, 5.41) is 0. The zero-order valence-corrected chi connectivity index (χ0v) is 16.4. The monoisotopic (exact) mass is 397 g/mol. The van der Waals surface area contributed by atoms with Crippen LogP contribution < -0.4 is 0 Å². The van der Waals surface area contributed by atoms with Gasteiger partial charge in [-0.15, -0.1) is 0 Å². The zero-order chi connectivity index (χ0) is 20.5. The number of benzene rings is 2. The van der Waals surface area contributed by atoms with Gasteiger partial charge in [0.1, 0.15) is 12.9 Å². The number of aryl methyl sites for hydroxylation is 1. The molecule has 6 heteroatoms. The summed E-state index contributed by atoms with van der Waals surface area (Å²) in [6.07, 6.45) is 7.05. The van der Waals surface area contributed by atoms with Gasteiger partial charge in [0.15, 0.2) is 0 Å². The van der Waals surface area contributed by atoms with Crippen LogP contribution >= 0.6 is 0 Å². The van der Waals surface area contributed by atoms with Crippen molar-refractivity contribution in [2.45, 2.75) is 6.61 Å². The predicted octanol–water partition coefficient (Wildman–Crippen LogP) is 4.98. The quantitative estimate of drug-likeness (QED) is 0.392. The highest BCUT2D eigenvalue weighted by molar-refractivity contribution is 5.90. The normalized spacial score (nSPS) is 11.1. The van der Waals surface area contributed by atoms with Gasteiger partial charge in [-0.2, -0.15) is 0 Å². The number of carbonyl (C=O) groups excluding carboxylic acids is 1. The number of imidazole rings is 1. The van der Waals surface area contributed by atoms with E-state index in [1.165, 1.54) is 0 Å². The maximum Gasteiger partial charge on any atom is 0.338 e. The Morgan fingerprint density at radius 3 is 2.80 bits per heavy atom. The number of fused-ring (bicyclic) bond motifs is 1. The van der Waals surface area contributed by atoms with Gasteiger partial charge in [-0.1, -0.05) is 12.1 Å². The third-order valence-corrected chi connectivity index (χ3v) is 5.16. The lowest BCUT2D eigenvalue weighted by molar-refractivity contribution is 0.0464. The molecular weight excluding hydrogens is 378 g/mol. The Hall–Kier alpha value is -4.06. The summed E-state index contributed by atoms with van der Waals surface area (Å²) in [7, 11) is 1.92. The number of esters is 1. The van der Waals surface area contributed by atoms with Crippen molar-refractivity contribution in [2.75, 3.05) is 0 Å². The molecule has 0 aliphatic carbocycles. The van der Waals surface area contributed by atoms with Gasteiger partial charge in [0.2, 0.25) is 0 Å². The molecule has 0 atom stereocenters. The van der Waals surface area contributed by atoms with Crippen LogP contribution in [-0.4, -0.2) is 20.1 Å². The van der Waals surface area contributed by atoms with Crippen LogP contribution in [0.15, 0.2) is 90.1 Å². The lowest BCUT2D eigenvalue weighted by Crippen LogP contribution is -2.08. The second-order valence-corrected chi connectivity index (χ2v) is 7.07. The van der Waals surface area contributed by atoms with Crippen molar-refractivity contribution >= 4 is 17.0 Å². The molecule has 30 heavy (non-hydrogen) atoms. The molecule has 6 nitrogen and oxygen atoms in total. The van der Waals surface area contributed by atoms with Crippen LogP contribution in [0.25, 0.3) is 27.8 Å². The lowest BCUT2D eigenvalue weighted by Gasteiger charge is -2.09. The van der Waals surface area contributed by atoms with Crippen molar-refractivity contribution in [3.05, 3.63) is 97.0 Å². The average molecular weight is 397 g/mol. The molecule has 148 valence electrons. The summed E-state index contributed by atoms with van der Waals surface area (Å²) in [6.45, 7) is 0.233. The number of carbonyl (C=O) groups is 1. The van der Waals surface area contributed by atoms with Crippen molar-refractivity contribution in [1.82, 2.24) is 14.1 Å². The fourth-order valence-electron chi connectivity index (χ4n) is 3.48. The van der Waals surface area contributed by atoms with Crippen LogP contribution in [0.5, 0.6) is 0 Å². The Morgan fingerprint density at radius 2 is 2.00 bits per heavy atom. The first-order valence-corrected chi connectivity index (χ1v) is 9.56. The molecule has 0 aliphatic heterocycles. The molecule has 0 aliphatic rings. The van der Waals surface area contributed by atoms with E-state index < -0.39 is 0 Å². The van der Waals surface area contributed by atoms with Crippen molar-refractivity contribution in [1.29, 1.82) is 0 Å². The van der Waals surface area contributed by atoms with Gasteiger partial charge in [-0.25, -0.2) is 9.78 Å². The van der Waals surface area contributed by atoms with E-state index in [0.717, 1.165) is 33.5 Å². The van der Waals surface area contributed by atoms with Gasteiger partial charge in [0.05, 0.1) is 34.8 Å². The number of hydrogen-bond acceptors (Lipinski definition) is 4. The maximum absolute atomic E-state index is 12.5. The summed E-state index contributed by atoms with van der Waals surface area (Å²) < 4.78 is 14.5. The Kier molecular flexibility index (Phi) is 4.44. The van der Waals surface area contributed by atoms with Crippen molar-refractivity contribution < 1.29 is 13.9 Å². The second kappa shape index (κ2) is 7.40. The first kappa shape index (κ1) is 18.0. The minimum absolute atomic E-state index is 0.233. The molecule has 0 bridgehead atoms. The molecule has 5 aromatic rings.